The summed E-state index contributed by atoms with van der Waals surface area (Å²) in [4.78, 5) is 0. The SMILES string of the molecule is CC1CCC(CNCC(O)COCC2CC2)C1. The number of nitrogens with one attached hydrogen (secondary N) is 1. The topological polar surface area (TPSA) is 41.5 Å². The van der Waals surface area contributed by atoms with Gasteiger partial charge in [0.1, 0.15) is 0 Å². The molecule has 0 spiro atoms. The summed E-state index contributed by atoms with van der Waals surface area (Å²) < 4.78 is 5.47. The van der Waals surface area contributed by atoms with E-state index in [9.17, 15) is 5.11 Å². The molecule has 2 aliphatic carbocycles. The highest BCUT2D eigenvalue weighted by Gasteiger charge is 2.22. The number of ether oxygens (including phenoxy) is 1. The number of rotatable bonds is 8. The highest BCUT2D eigenvalue weighted by molar-refractivity contribution is 4.75. The molecule has 2 fully saturated rings. The van der Waals surface area contributed by atoms with Crippen molar-refractivity contribution in [2.75, 3.05) is 26.3 Å². The highest BCUT2D eigenvalue weighted by atomic mass is 16.5. The van der Waals surface area contributed by atoms with Gasteiger partial charge in [0.05, 0.1) is 12.7 Å². The van der Waals surface area contributed by atoms with E-state index in [1.807, 2.05) is 0 Å². The third kappa shape index (κ3) is 5.36. The molecule has 2 aliphatic rings. The highest BCUT2D eigenvalue weighted by Crippen LogP contribution is 2.29. The lowest BCUT2D eigenvalue weighted by atomic mass is 10.1. The van der Waals surface area contributed by atoms with Crippen molar-refractivity contribution in [3.8, 4) is 0 Å². The van der Waals surface area contributed by atoms with Gasteiger partial charge in [-0.25, -0.2) is 0 Å². The summed E-state index contributed by atoms with van der Waals surface area (Å²) in [6.07, 6.45) is 6.36. The monoisotopic (exact) mass is 241 g/mol. The van der Waals surface area contributed by atoms with Crippen LogP contribution in [0.1, 0.15) is 39.0 Å². The Kier molecular flexibility index (Phi) is 5.26. The molecule has 17 heavy (non-hydrogen) atoms. The Morgan fingerprint density at radius 1 is 1.24 bits per heavy atom. The van der Waals surface area contributed by atoms with E-state index >= 15 is 0 Å². The molecule has 0 aromatic heterocycles. The second kappa shape index (κ2) is 6.72. The minimum Gasteiger partial charge on any atom is -0.389 e. The summed E-state index contributed by atoms with van der Waals surface area (Å²) in [5, 5.41) is 13.1. The fourth-order valence-corrected chi connectivity index (χ4v) is 2.68. The molecular weight excluding hydrogens is 214 g/mol. The van der Waals surface area contributed by atoms with Crippen LogP contribution in [0.2, 0.25) is 0 Å². The first kappa shape index (κ1) is 13.3. The van der Waals surface area contributed by atoms with E-state index in [-0.39, 0.29) is 6.10 Å². The summed E-state index contributed by atoms with van der Waals surface area (Å²) >= 11 is 0. The van der Waals surface area contributed by atoms with Crippen molar-refractivity contribution in [1.82, 2.24) is 5.32 Å². The standard InChI is InChI=1S/C14H27NO2/c1-11-2-3-13(6-11)7-15-8-14(16)10-17-9-12-4-5-12/h11-16H,2-10H2,1H3. The Balaban J connectivity index is 1.43. The summed E-state index contributed by atoms with van der Waals surface area (Å²) in [5.41, 5.74) is 0. The van der Waals surface area contributed by atoms with E-state index in [0.29, 0.717) is 13.2 Å². The molecule has 2 N–H and O–H groups in total. The van der Waals surface area contributed by atoms with Crippen LogP contribution in [-0.4, -0.2) is 37.5 Å². The Morgan fingerprint density at radius 3 is 2.65 bits per heavy atom. The lowest BCUT2D eigenvalue weighted by molar-refractivity contribution is 0.0322. The second-order valence-corrected chi connectivity index (χ2v) is 6.08. The molecule has 3 atom stereocenters. The van der Waals surface area contributed by atoms with Crippen LogP contribution in [0, 0.1) is 17.8 Å². The minimum atomic E-state index is -0.340. The smallest absolute Gasteiger partial charge is 0.0897 e. The Morgan fingerprint density at radius 2 is 2.00 bits per heavy atom. The Labute approximate surface area is 105 Å². The van der Waals surface area contributed by atoms with Crippen molar-refractivity contribution < 1.29 is 9.84 Å². The number of aliphatic hydroxyl groups excluding tert-OH is 1. The molecule has 0 aliphatic heterocycles. The number of hydrogen-bond acceptors (Lipinski definition) is 3. The summed E-state index contributed by atoms with van der Waals surface area (Å²) in [6, 6.07) is 0. The lowest BCUT2D eigenvalue weighted by Crippen LogP contribution is -2.33. The van der Waals surface area contributed by atoms with E-state index in [0.717, 1.165) is 30.9 Å². The van der Waals surface area contributed by atoms with E-state index < -0.39 is 0 Å². The van der Waals surface area contributed by atoms with Crippen LogP contribution >= 0.6 is 0 Å². The van der Waals surface area contributed by atoms with Crippen LogP contribution in [0.15, 0.2) is 0 Å². The largest absolute Gasteiger partial charge is 0.389 e. The number of hydrogen-bond donors (Lipinski definition) is 2. The maximum Gasteiger partial charge on any atom is 0.0897 e. The zero-order valence-corrected chi connectivity index (χ0v) is 11.0. The molecule has 2 rings (SSSR count). The lowest BCUT2D eigenvalue weighted by Gasteiger charge is -2.15. The normalized spacial score (nSPS) is 30.7. The van der Waals surface area contributed by atoms with Gasteiger partial charge in [-0.1, -0.05) is 13.3 Å². The van der Waals surface area contributed by atoms with Gasteiger partial charge in [0, 0.05) is 13.2 Å². The van der Waals surface area contributed by atoms with E-state index in [1.165, 1.54) is 32.1 Å². The average molecular weight is 241 g/mol. The fraction of sp³-hybridized carbons (Fsp3) is 1.00. The second-order valence-electron chi connectivity index (χ2n) is 6.08. The van der Waals surface area contributed by atoms with Crippen molar-refractivity contribution in [2.45, 2.75) is 45.1 Å². The molecule has 100 valence electrons. The summed E-state index contributed by atoms with van der Waals surface area (Å²) in [7, 11) is 0. The molecule has 2 saturated carbocycles. The van der Waals surface area contributed by atoms with Crippen molar-refractivity contribution in [3.05, 3.63) is 0 Å². The first-order valence-electron chi connectivity index (χ1n) is 7.20. The van der Waals surface area contributed by atoms with Crippen LogP contribution in [0.4, 0.5) is 0 Å². The molecule has 0 radical (unpaired) electrons. The van der Waals surface area contributed by atoms with Crippen molar-refractivity contribution in [1.29, 1.82) is 0 Å². The zero-order valence-electron chi connectivity index (χ0n) is 11.0. The predicted octanol–water partition coefficient (Wildman–Crippen LogP) is 1.80. The van der Waals surface area contributed by atoms with Crippen molar-refractivity contribution in [2.24, 2.45) is 17.8 Å². The van der Waals surface area contributed by atoms with Crippen LogP contribution in [0.25, 0.3) is 0 Å². The summed E-state index contributed by atoms with van der Waals surface area (Å²) in [6.45, 7) is 5.40. The average Bonchev–Trinajstić information content (AvgIpc) is 3.02. The first-order valence-corrected chi connectivity index (χ1v) is 7.20. The first-order chi connectivity index (χ1) is 8.24. The van der Waals surface area contributed by atoms with Crippen LogP contribution in [0.3, 0.4) is 0 Å². The third-order valence-corrected chi connectivity index (χ3v) is 3.98. The molecule has 0 aromatic carbocycles. The predicted molar refractivity (Wildman–Crippen MR) is 68.9 cm³/mol. The van der Waals surface area contributed by atoms with Gasteiger partial charge >= 0.3 is 0 Å². The van der Waals surface area contributed by atoms with Gasteiger partial charge in [0.15, 0.2) is 0 Å². The molecule has 3 heteroatoms. The van der Waals surface area contributed by atoms with Gasteiger partial charge in [0.25, 0.3) is 0 Å². The van der Waals surface area contributed by atoms with Gasteiger partial charge in [-0.3, -0.25) is 0 Å². The minimum absolute atomic E-state index is 0.340. The maximum absolute atomic E-state index is 9.72. The van der Waals surface area contributed by atoms with Gasteiger partial charge in [0.2, 0.25) is 0 Å². The van der Waals surface area contributed by atoms with Crippen LogP contribution in [0.5, 0.6) is 0 Å². The third-order valence-electron chi connectivity index (χ3n) is 3.98. The van der Waals surface area contributed by atoms with E-state index in [2.05, 4.69) is 12.2 Å². The molecule has 0 heterocycles. The molecule has 0 aromatic rings. The van der Waals surface area contributed by atoms with Crippen molar-refractivity contribution in [3.63, 3.8) is 0 Å². The molecule has 3 unspecified atom stereocenters. The Bertz CT molecular complexity index is 218. The van der Waals surface area contributed by atoms with Crippen LogP contribution < -0.4 is 5.32 Å². The van der Waals surface area contributed by atoms with E-state index in [1.54, 1.807) is 0 Å². The quantitative estimate of drug-likeness (QED) is 0.681. The fourth-order valence-electron chi connectivity index (χ4n) is 2.68. The zero-order chi connectivity index (χ0) is 12.1. The van der Waals surface area contributed by atoms with Crippen LogP contribution in [-0.2, 0) is 4.74 Å². The molecular formula is C14H27NO2. The molecule has 0 amide bonds. The Hall–Kier alpha value is -0.120. The molecule has 0 bridgehead atoms. The number of aliphatic hydroxyl groups is 1. The molecule has 3 nitrogen and oxygen atoms in total. The van der Waals surface area contributed by atoms with Gasteiger partial charge < -0.3 is 15.2 Å². The van der Waals surface area contributed by atoms with Crippen molar-refractivity contribution >= 4 is 0 Å². The van der Waals surface area contributed by atoms with E-state index in [4.69, 9.17) is 4.74 Å². The summed E-state index contributed by atoms with van der Waals surface area (Å²) in [5.74, 6) is 2.51. The van der Waals surface area contributed by atoms with Gasteiger partial charge in [-0.15, -0.1) is 0 Å². The maximum atomic E-state index is 9.72. The van der Waals surface area contributed by atoms with Gasteiger partial charge in [-0.2, -0.15) is 0 Å². The van der Waals surface area contributed by atoms with Gasteiger partial charge in [-0.05, 0) is 50.0 Å². The molecule has 0 saturated heterocycles.